The Morgan fingerprint density at radius 3 is 2.54 bits per heavy atom. The largest absolute Gasteiger partial charge is 0.321 e. The van der Waals surface area contributed by atoms with Gasteiger partial charge in [-0.05, 0) is 19.8 Å². The monoisotopic (exact) mass is 198 g/mol. The molecule has 13 heavy (non-hydrogen) atoms. The lowest BCUT2D eigenvalue weighted by Crippen LogP contribution is -2.29. The summed E-state index contributed by atoms with van der Waals surface area (Å²) in [4.78, 5) is 4.52. The van der Waals surface area contributed by atoms with Crippen LogP contribution >= 0.6 is 11.3 Å². The van der Waals surface area contributed by atoms with Crippen molar-refractivity contribution in [1.82, 2.24) is 4.98 Å². The lowest BCUT2D eigenvalue weighted by molar-refractivity contribution is 0.534. The van der Waals surface area contributed by atoms with Crippen molar-refractivity contribution >= 4 is 11.3 Å². The van der Waals surface area contributed by atoms with Crippen molar-refractivity contribution in [2.45, 2.75) is 39.7 Å². The maximum atomic E-state index is 5.95. The van der Waals surface area contributed by atoms with Gasteiger partial charge < -0.3 is 5.73 Å². The van der Waals surface area contributed by atoms with E-state index in [2.05, 4.69) is 24.2 Å². The molecule has 0 amide bonds. The van der Waals surface area contributed by atoms with Crippen molar-refractivity contribution in [2.24, 2.45) is 11.7 Å². The van der Waals surface area contributed by atoms with Gasteiger partial charge in [0, 0.05) is 11.8 Å². The standard InChI is InChI=1S/C10H18N2S/c1-7(2)5-9-12-8(6-13-9)10(3,4)11/h6-7H,5,11H2,1-4H3. The third-order valence-electron chi connectivity index (χ3n) is 1.79. The molecule has 0 aromatic carbocycles. The quantitative estimate of drug-likeness (QED) is 0.810. The Bertz CT molecular complexity index is 271. The normalized spacial score (nSPS) is 12.5. The first-order chi connectivity index (χ1) is 5.89. The number of nitrogens with two attached hydrogens (primary N) is 1. The molecule has 0 saturated heterocycles. The summed E-state index contributed by atoms with van der Waals surface area (Å²) in [5.74, 6) is 0.667. The van der Waals surface area contributed by atoms with Gasteiger partial charge in [-0.25, -0.2) is 4.98 Å². The highest BCUT2D eigenvalue weighted by atomic mass is 32.1. The van der Waals surface area contributed by atoms with Crippen LogP contribution in [0.5, 0.6) is 0 Å². The Morgan fingerprint density at radius 1 is 1.54 bits per heavy atom. The number of nitrogens with zero attached hydrogens (tertiary/aromatic N) is 1. The van der Waals surface area contributed by atoms with Crippen LogP contribution in [0.3, 0.4) is 0 Å². The second kappa shape index (κ2) is 3.76. The van der Waals surface area contributed by atoms with Crippen LogP contribution < -0.4 is 5.73 Å². The molecule has 1 aromatic rings. The Hall–Kier alpha value is -0.410. The second-order valence-corrected chi connectivity index (χ2v) is 5.39. The molecule has 0 spiro atoms. The molecule has 1 aromatic heterocycles. The maximum absolute atomic E-state index is 5.95. The van der Waals surface area contributed by atoms with Crippen LogP contribution in [0.25, 0.3) is 0 Å². The first kappa shape index (κ1) is 10.7. The number of aromatic nitrogens is 1. The van der Waals surface area contributed by atoms with E-state index in [0.29, 0.717) is 5.92 Å². The van der Waals surface area contributed by atoms with Gasteiger partial charge in [-0.3, -0.25) is 0 Å². The smallest absolute Gasteiger partial charge is 0.0931 e. The molecule has 1 rings (SSSR count). The average molecular weight is 198 g/mol. The molecule has 1 heterocycles. The van der Waals surface area contributed by atoms with Crippen molar-refractivity contribution < 1.29 is 0 Å². The fourth-order valence-electron chi connectivity index (χ4n) is 1.05. The van der Waals surface area contributed by atoms with Crippen LogP contribution in [-0.4, -0.2) is 4.98 Å². The summed E-state index contributed by atoms with van der Waals surface area (Å²) in [6.45, 7) is 8.38. The fraction of sp³-hybridized carbons (Fsp3) is 0.700. The molecule has 0 aliphatic carbocycles. The molecular formula is C10H18N2S. The summed E-state index contributed by atoms with van der Waals surface area (Å²) in [5.41, 5.74) is 6.65. The van der Waals surface area contributed by atoms with Crippen molar-refractivity contribution in [3.63, 3.8) is 0 Å². The SMILES string of the molecule is CC(C)Cc1nc(C(C)(C)N)cs1. The highest BCUT2D eigenvalue weighted by molar-refractivity contribution is 7.09. The van der Waals surface area contributed by atoms with Gasteiger partial charge in [0.2, 0.25) is 0 Å². The zero-order valence-corrected chi connectivity index (χ0v) is 9.61. The minimum Gasteiger partial charge on any atom is -0.321 e. The molecular weight excluding hydrogens is 180 g/mol. The van der Waals surface area contributed by atoms with Crippen LogP contribution in [0.1, 0.15) is 38.4 Å². The third kappa shape index (κ3) is 3.08. The summed E-state index contributed by atoms with van der Waals surface area (Å²) in [5, 5.41) is 3.26. The van der Waals surface area contributed by atoms with Gasteiger partial charge in [0.15, 0.2) is 0 Å². The van der Waals surface area contributed by atoms with Crippen LogP contribution in [0.15, 0.2) is 5.38 Å². The predicted molar refractivity (Wildman–Crippen MR) is 57.9 cm³/mol. The van der Waals surface area contributed by atoms with Crippen LogP contribution in [0.4, 0.5) is 0 Å². The first-order valence-corrected chi connectivity index (χ1v) is 5.51. The van der Waals surface area contributed by atoms with Crippen molar-refractivity contribution in [3.8, 4) is 0 Å². The molecule has 3 heteroatoms. The zero-order chi connectivity index (χ0) is 10.1. The molecule has 0 bridgehead atoms. The fourth-order valence-corrected chi connectivity index (χ4v) is 2.23. The molecule has 2 nitrogen and oxygen atoms in total. The Morgan fingerprint density at radius 2 is 2.15 bits per heavy atom. The van der Waals surface area contributed by atoms with Gasteiger partial charge >= 0.3 is 0 Å². The third-order valence-corrected chi connectivity index (χ3v) is 2.67. The van der Waals surface area contributed by atoms with Crippen LogP contribution in [0.2, 0.25) is 0 Å². The Kier molecular flexibility index (Phi) is 3.09. The number of rotatable bonds is 3. The lowest BCUT2D eigenvalue weighted by atomic mass is 10.0. The first-order valence-electron chi connectivity index (χ1n) is 4.63. The van der Waals surface area contributed by atoms with Gasteiger partial charge in [-0.1, -0.05) is 13.8 Å². The topological polar surface area (TPSA) is 38.9 Å². The Labute approximate surface area is 84.2 Å². The van der Waals surface area contributed by atoms with E-state index in [1.807, 2.05) is 13.8 Å². The summed E-state index contributed by atoms with van der Waals surface area (Å²) >= 11 is 1.71. The van der Waals surface area contributed by atoms with E-state index >= 15 is 0 Å². The summed E-state index contributed by atoms with van der Waals surface area (Å²) in [7, 11) is 0. The highest BCUT2D eigenvalue weighted by Crippen LogP contribution is 2.21. The molecule has 0 aliphatic rings. The van der Waals surface area contributed by atoms with Crippen molar-refractivity contribution in [1.29, 1.82) is 0 Å². The molecule has 0 radical (unpaired) electrons. The van der Waals surface area contributed by atoms with E-state index in [0.717, 1.165) is 12.1 Å². The minimum absolute atomic E-state index is 0.300. The van der Waals surface area contributed by atoms with Crippen molar-refractivity contribution in [2.75, 3.05) is 0 Å². The van der Waals surface area contributed by atoms with E-state index in [-0.39, 0.29) is 5.54 Å². The molecule has 0 saturated carbocycles. The number of hydrogen-bond acceptors (Lipinski definition) is 3. The molecule has 0 aliphatic heterocycles. The van der Waals surface area contributed by atoms with Gasteiger partial charge in [-0.2, -0.15) is 0 Å². The van der Waals surface area contributed by atoms with Crippen molar-refractivity contribution in [3.05, 3.63) is 16.1 Å². The minimum atomic E-state index is -0.300. The van der Waals surface area contributed by atoms with E-state index in [1.165, 1.54) is 5.01 Å². The number of thiazole rings is 1. The predicted octanol–water partition coefficient (Wildman–Crippen LogP) is 2.54. The maximum Gasteiger partial charge on any atom is 0.0931 e. The summed E-state index contributed by atoms with van der Waals surface area (Å²) < 4.78 is 0. The van der Waals surface area contributed by atoms with E-state index in [4.69, 9.17) is 5.73 Å². The molecule has 0 atom stereocenters. The molecule has 74 valence electrons. The van der Waals surface area contributed by atoms with Crippen LogP contribution in [0, 0.1) is 5.92 Å². The van der Waals surface area contributed by atoms with Gasteiger partial charge in [0.05, 0.1) is 16.2 Å². The second-order valence-electron chi connectivity index (χ2n) is 4.45. The lowest BCUT2D eigenvalue weighted by Gasteiger charge is -2.14. The molecule has 0 unspecified atom stereocenters. The molecule has 2 N–H and O–H groups in total. The summed E-state index contributed by atoms with van der Waals surface area (Å²) in [6, 6.07) is 0. The molecule has 0 fully saturated rings. The zero-order valence-electron chi connectivity index (χ0n) is 8.79. The average Bonchev–Trinajstić information content (AvgIpc) is 2.32. The van der Waals surface area contributed by atoms with Gasteiger partial charge in [0.1, 0.15) is 0 Å². The van der Waals surface area contributed by atoms with Gasteiger partial charge in [-0.15, -0.1) is 11.3 Å². The van der Waals surface area contributed by atoms with Crippen LogP contribution in [-0.2, 0) is 12.0 Å². The highest BCUT2D eigenvalue weighted by Gasteiger charge is 2.17. The van der Waals surface area contributed by atoms with E-state index in [9.17, 15) is 0 Å². The van der Waals surface area contributed by atoms with Gasteiger partial charge in [0.25, 0.3) is 0 Å². The van der Waals surface area contributed by atoms with E-state index in [1.54, 1.807) is 11.3 Å². The summed E-state index contributed by atoms with van der Waals surface area (Å²) in [6.07, 6.45) is 1.06. The number of hydrogen-bond donors (Lipinski definition) is 1. The Balaban J connectivity index is 2.75. The van der Waals surface area contributed by atoms with E-state index < -0.39 is 0 Å².